The fourth-order valence-electron chi connectivity index (χ4n) is 8.41. The third-order valence-corrected chi connectivity index (χ3v) is 13.8. The number of rotatable bonds is 52. The maximum Gasteiger partial charge on any atom is 0.472 e. The number of allylic oxidation sites excluding steroid dienone is 8. The number of nitrogens with one attached hydrogen (secondary N) is 1. The number of carbonyl (C=O) groups is 1. The van der Waals surface area contributed by atoms with E-state index < -0.39 is 20.0 Å². The molecule has 1 amide bonds. The molecule has 0 aromatic heterocycles. The third kappa shape index (κ3) is 52.1. The fourth-order valence-corrected chi connectivity index (χ4v) is 9.15. The summed E-state index contributed by atoms with van der Waals surface area (Å²) in [7, 11) is 1.57. The summed E-state index contributed by atoms with van der Waals surface area (Å²) in [6.07, 6.45) is 65.0. The highest BCUT2D eigenvalue weighted by atomic mass is 31.2. The van der Waals surface area contributed by atoms with Gasteiger partial charge < -0.3 is 19.8 Å². The molecule has 3 atom stereocenters. The zero-order chi connectivity index (χ0) is 49.2. The van der Waals surface area contributed by atoms with E-state index in [4.69, 9.17) is 9.05 Å². The minimum absolute atomic E-state index is 0.0609. The Labute approximate surface area is 416 Å². The van der Waals surface area contributed by atoms with Gasteiger partial charge in [0.2, 0.25) is 5.91 Å². The van der Waals surface area contributed by atoms with Gasteiger partial charge in [0.1, 0.15) is 13.2 Å². The van der Waals surface area contributed by atoms with E-state index in [2.05, 4.69) is 55.6 Å². The number of quaternary nitrogens is 1. The molecule has 0 aliphatic carbocycles. The van der Waals surface area contributed by atoms with Gasteiger partial charge in [-0.1, -0.05) is 268 Å². The van der Waals surface area contributed by atoms with E-state index in [0.717, 1.165) is 44.9 Å². The predicted octanol–water partition coefficient (Wildman–Crippen LogP) is 17.2. The quantitative estimate of drug-likeness (QED) is 0.0243. The number of hydrogen-bond donors (Lipinski definition) is 3. The molecule has 0 aromatic carbocycles. The normalized spacial score (nSPS) is 14.3. The van der Waals surface area contributed by atoms with Crippen molar-refractivity contribution in [2.45, 2.75) is 276 Å². The van der Waals surface area contributed by atoms with Crippen LogP contribution in [0.1, 0.15) is 264 Å². The van der Waals surface area contributed by atoms with Crippen LogP contribution in [0, 0.1) is 0 Å². The number of phosphoric ester groups is 1. The molecule has 0 saturated carbocycles. The summed E-state index contributed by atoms with van der Waals surface area (Å²) in [6.45, 7) is 4.73. The average Bonchev–Trinajstić information content (AvgIpc) is 3.29. The number of phosphoric acid groups is 1. The van der Waals surface area contributed by atoms with E-state index in [1.165, 1.54) is 186 Å². The second-order valence-corrected chi connectivity index (χ2v) is 22.1. The first kappa shape index (κ1) is 65.5. The van der Waals surface area contributed by atoms with Crippen LogP contribution in [0.25, 0.3) is 0 Å². The van der Waals surface area contributed by atoms with Crippen LogP contribution in [-0.4, -0.2) is 73.4 Å². The summed E-state index contributed by atoms with van der Waals surface area (Å²) in [5.74, 6) is -0.222. The first-order valence-corrected chi connectivity index (χ1v) is 30.0. The van der Waals surface area contributed by atoms with Gasteiger partial charge in [0.15, 0.2) is 0 Å². The lowest BCUT2D eigenvalue weighted by molar-refractivity contribution is -0.870. The Balaban J connectivity index is 4.03. The molecule has 0 rings (SSSR count). The highest BCUT2D eigenvalue weighted by molar-refractivity contribution is 7.47. The molecule has 0 aliphatic rings. The lowest BCUT2D eigenvalue weighted by Gasteiger charge is -2.26. The Morgan fingerprint density at radius 3 is 1.22 bits per heavy atom. The third-order valence-electron chi connectivity index (χ3n) is 12.9. The van der Waals surface area contributed by atoms with Crippen LogP contribution >= 0.6 is 7.82 Å². The monoisotopic (exact) mass is 964 g/mol. The number of nitrogens with zero attached hydrogens (tertiary/aromatic N) is 1. The number of carbonyl (C=O) groups excluding carboxylic acids is 1. The lowest BCUT2D eigenvalue weighted by atomic mass is 10.0. The van der Waals surface area contributed by atoms with E-state index in [0.29, 0.717) is 23.9 Å². The molecule has 0 heterocycles. The molecule has 3 N–H and O–H groups in total. The molecule has 0 spiro atoms. The molecule has 0 aliphatic heterocycles. The second kappa shape index (κ2) is 49.4. The van der Waals surface area contributed by atoms with Crippen molar-refractivity contribution < 1.29 is 32.9 Å². The highest BCUT2D eigenvalue weighted by Gasteiger charge is 2.28. The van der Waals surface area contributed by atoms with E-state index in [1.54, 1.807) is 0 Å². The first-order chi connectivity index (χ1) is 32.5. The van der Waals surface area contributed by atoms with Crippen molar-refractivity contribution >= 4 is 13.7 Å². The molecule has 0 bridgehead atoms. The number of amides is 1. The Bertz CT molecular complexity index is 1230. The summed E-state index contributed by atoms with van der Waals surface area (Å²) in [6, 6.07) is -0.800. The summed E-state index contributed by atoms with van der Waals surface area (Å²) < 4.78 is 23.7. The van der Waals surface area contributed by atoms with Crippen LogP contribution < -0.4 is 5.32 Å². The molecule has 67 heavy (non-hydrogen) atoms. The second-order valence-electron chi connectivity index (χ2n) is 20.6. The summed E-state index contributed by atoms with van der Waals surface area (Å²) >= 11 is 0. The van der Waals surface area contributed by atoms with Crippen molar-refractivity contribution in [3.05, 3.63) is 48.6 Å². The van der Waals surface area contributed by atoms with Crippen molar-refractivity contribution in [1.82, 2.24) is 5.32 Å². The van der Waals surface area contributed by atoms with Crippen LogP contribution in [0.5, 0.6) is 0 Å². The van der Waals surface area contributed by atoms with Crippen LogP contribution in [0.2, 0.25) is 0 Å². The molecule has 0 saturated heterocycles. The fraction of sp³-hybridized carbons (Fsp3) is 0.845. The zero-order valence-corrected chi connectivity index (χ0v) is 45.8. The van der Waals surface area contributed by atoms with Crippen molar-refractivity contribution in [3.63, 3.8) is 0 Å². The summed E-state index contributed by atoms with van der Waals surface area (Å²) in [4.78, 5) is 23.2. The van der Waals surface area contributed by atoms with Gasteiger partial charge in [-0.15, -0.1) is 0 Å². The average molecular weight is 965 g/mol. The number of unbranched alkanes of at least 4 members (excludes halogenated alkanes) is 31. The van der Waals surface area contributed by atoms with Gasteiger partial charge in [-0.25, -0.2) is 4.57 Å². The van der Waals surface area contributed by atoms with Crippen molar-refractivity contribution in [2.75, 3.05) is 40.9 Å². The Morgan fingerprint density at radius 2 is 0.866 bits per heavy atom. The Hall–Kier alpha value is -1.54. The van der Waals surface area contributed by atoms with Crippen LogP contribution in [0.3, 0.4) is 0 Å². The van der Waals surface area contributed by atoms with Crippen molar-refractivity contribution in [2.24, 2.45) is 0 Å². The predicted molar refractivity (Wildman–Crippen MR) is 291 cm³/mol. The van der Waals surface area contributed by atoms with Crippen molar-refractivity contribution in [1.29, 1.82) is 0 Å². The molecular weight excluding hydrogens is 852 g/mol. The van der Waals surface area contributed by atoms with Gasteiger partial charge in [0.25, 0.3) is 0 Å². The number of hydrogen-bond acceptors (Lipinski definition) is 5. The number of aliphatic hydroxyl groups is 1. The molecule has 0 fully saturated rings. The van der Waals surface area contributed by atoms with E-state index in [9.17, 15) is 19.4 Å². The maximum atomic E-state index is 12.9. The van der Waals surface area contributed by atoms with Gasteiger partial charge in [-0.3, -0.25) is 13.8 Å². The Kier molecular flexibility index (Phi) is 48.3. The van der Waals surface area contributed by atoms with E-state index in [1.807, 2.05) is 33.3 Å². The van der Waals surface area contributed by atoms with Gasteiger partial charge in [0.05, 0.1) is 39.9 Å². The van der Waals surface area contributed by atoms with Gasteiger partial charge in [0, 0.05) is 6.42 Å². The van der Waals surface area contributed by atoms with Gasteiger partial charge in [-0.05, 0) is 38.5 Å². The summed E-state index contributed by atoms with van der Waals surface area (Å²) in [5.41, 5.74) is 0. The number of aliphatic hydroxyl groups excluding tert-OH is 1. The smallest absolute Gasteiger partial charge is 0.391 e. The molecule has 3 unspecified atom stereocenters. The SMILES string of the molecule is CC/C=C\C/C=C\C/C=C\C/C=C\CCC(=O)NC(COP(=O)(O)OCC[N+](C)(C)C)C(O)CCCCCCCCCCCCCCCCCCCCCCCCCCCCCCCCCC. The minimum Gasteiger partial charge on any atom is -0.391 e. The molecule has 9 heteroatoms. The van der Waals surface area contributed by atoms with Gasteiger partial charge >= 0.3 is 7.82 Å². The Morgan fingerprint density at radius 1 is 0.522 bits per heavy atom. The van der Waals surface area contributed by atoms with E-state index in [-0.39, 0.29) is 25.5 Å². The summed E-state index contributed by atoms with van der Waals surface area (Å²) in [5, 5.41) is 14.0. The lowest BCUT2D eigenvalue weighted by Crippen LogP contribution is -2.46. The molecule has 0 aromatic rings. The minimum atomic E-state index is -4.34. The molecule has 0 radical (unpaired) electrons. The maximum absolute atomic E-state index is 12.9. The van der Waals surface area contributed by atoms with Gasteiger partial charge in [-0.2, -0.15) is 0 Å². The standard InChI is InChI=1S/C58H111N2O6P/c1-6-8-10-12-14-16-18-20-21-22-23-24-25-26-27-28-29-30-31-32-33-34-35-36-37-38-40-41-43-45-47-49-51-57(61)56(55-66-67(63,64)65-54-53-60(3,4)5)59-58(62)52-50-48-46-44-42-39-19-17-15-13-11-9-7-2/h9,11,15,17,39,42,46,48,56-57,61H,6-8,10,12-14,16,18-38,40-41,43-45,47,49-55H2,1-5H3,(H-,59,62,63,64)/p+1/b11-9-,17-15-,42-39-,48-46-. The van der Waals surface area contributed by atoms with E-state index >= 15 is 0 Å². The van der Waals surface area contributed by atoms with Crippen molar-refractivity contribution in [3.8, 4) is 0 Å². The molecular formula is C58H112N2O6P+. The first-order valence-electron chi connectivity index (χ1n) is 28.5. The molecule has 394 valence electrons. The van der Waals surface area contributed by atoms with Crippen LogP contribution in [0.15, 0.2) is 48.6 Å². The zero-order valence-electron chi connectivity index (χ0n) is 44.9. The highest BCUT2D eigenvalue weighted by Crippen LogP contribution is 2.43. The molecule has 8 nitrogen and oxygen atoms in total. The van der Waals surface area contributed by atoms with Crippen LogP contribution in [0.4, 0.5) is 0 Å². The van der Waals surface area contributed by atoms with Crippen LogP contribution in [-0.2, 0) is 18.4 Å². The topological polar surface area (TPSA) is 105 Å². The number of likely N-dealkylation sites (N-methyl/N-ethyl adjacent to an activating group) is 1. The largest absolute Gasteiger partial charge is 0.472 e.